The molecule has 3 rings (SSSR count). The molecule has 0 aromatic heterocycles. The van der Waals surface area contributed by atoms with Gasteiger partial charge in [0, 0.05) is 19.1 Å². The zero-order valence-corrected chi connectivity index (χ0v) is 10.9. The number of amides is 1. The summed E-state index contributed by atoms with van der Waals surface area (Å²) in [4.78, 5) is 14.6. The van der Waals surface area contributed by atoms with Gasteiger partial charge in [-0.15, -0.1) is 0 Å². The number of piperidine rings is 1. The van der Waals surface area contributed by atoms with Gasteiger partial charge in [0.15, 0.2) is 0 Å². The number of carbonyl (C=O) groups is 1. The second-order valence-corrected chi connectivity index (χ2v) is 5.45. The minimum absolute atomic E-state index is 0.160. The summed E-state index contributed by atoms with van der Waals surface area (Å²) < 4.78 is 0. The lowest BCUT2D eigenvalue weighted by atomic mass is 9.91. The van der Waals surface area contributed by atoms with E-state index in [2.05, 4.69) is 36.5 Å². The van der Waals surface area contributed by atoms with Gasteiger partial charge in [0.05, 0.1) is 5.92 Å². The van der Waals surface area contributed by atoms with Crippen LogP contribution in [0.3, 0.4) is 0 Å². The highest BCUT2D eigenvalue weighted by molar-refractivity contribution is 5.80. The molecule has 2 aliphatic heterocycles. The van der Waals surface area contributed by atoms with Crippen LogP contribution in [0.15, 0.2) is 24.3 Å². The molecule has 1 N–H and O–H groups in total. The summed E-state index contributed by atoms with van der Waals surface area (Å²) in [5, 5.41) is 3.41. The first-order chi connectivity index (χ1) is 8.75. The van der Waals surface area contributed by atoms with Gasteiger partial charge in [0.2, 0.25) is 5.91 Å². The average Bonchev–Trinajstić information content (AvgIpc) is 2.82. The standard InChI is InChI=1S/C15H20N2O/c1-11-14(7-4-8-16-11)15(18)17-9-12-5-2-3-6-13(12)10-17/h2-3,5-6,11,14,16H,4,7-10H2,1H3. The molecule has 0 aliphatic carbocycles. The van der Waals surface area contributed by atoms with E-state index in [1.807, 2.05) is 4.90 Å². The van der Waals surface area contributed by atoms with Gasteiger partial charge in [0.25, 0.3) is 0 Å². The second kappa shape index (κ2) is 4.73. The zero-order valence-electron chi connectivity index (χ0n) is 10.9. The maximum Gasteiger partial charge on any atom is 0.227 e. The van der Waals surface area contributed by atoms with Crippen LogP contribution in [0.25, 0.3) is 0 Å². The third kappa shape index (κ3) is 2.03. The molecule has 1 aromatic carbocycles. The van der Waals surface area contributed by atoms with Gasteiger partial charge in [-0.1, -0.05) is 24.3 Å². The number of hydrogen-bond donors (Lipinski definition) is 1. The summed E-state index contributed by atoms with van der Waals surface area (Å²) in [6.45, 7) is 4.76. The first kappa shape index (κ1) is 11.7. The first-order valence-electron chi connectivity index (χ1n) is 6.84. The Balaban J connectivity index is 1.72. The third-order valence-corrected chi connectivity index (χ3v) is 4.23. The van der Waals surface area contributed by atoms with Crippen molar-refractivity contribution in [3.05, 3.63) is 35.4 Å². The molecule has 0 bridgehead atoms. The van der Waals surface area contributed by atoms with Crippen LogP contribution in [0, 0.1) is 5.92 Å². The second-order valence-electron chi connectivity index (χ2n) is 5.45. The molecule has 3 nitrogen and oxygen atoms in total. The topological polar surface area (TPSA) is 32.3 Å². The van der Waals surface area contributed by atoms with Crippen LogP contribution >= 0.6 is 0 Å². The molecular weight excluding hydrogens is 224 g/mol. The van der Waals surface area contributed by atoms with Crippen molar-refractivity contribution < 1.29 is 4.79 Å². The van der Waals surface area contributed by atoms with Crippen molar-refractivity contribution >= 4 is 5.91 Å². The molecule has 2 heterocycles. The molecule has 18 heavy (non-hydrogen) atoms. The molecule has 1 saturated heterocycles. The molecule has 1 fully saturated rings. The van der Waals surface area contributed by atoms with E-state index in [9.17, 15) is 4.79 Å². The fraction of sp³-hybridized carbons (Fsp3) is 0.533. The van der Waals surface area contributed by atoms with E-state index in [1.54, 1.807) is 0 Å². The Kier molecular flexibility index (Phi) is 3.08. The summed E-state index contributed by atoms with van der Waals surface area (Å²) >= 11 is 0. The summed E-state index contributed by atoms with van der Waals surface area (Å²) in [6.07, 6.45) is 2.14. The minimum atomic E-state index is 0.160. The largest absolute Gasteiger partial charge is 0.334 e. The van der Waals surface area contributed by atoms with Crippen LogP contribution in [0.1, 0.15) is 30.9 Å². The zero-order chi connectivity index (χ0) is 12.5. The van der Waals surface area contributed by atoms with Gasteiger partial charge in [0.1, 0.15) is 0 Å². The van der Waals surface area contributed by atoms with Crippen LogP contribution in [-0.4, -0.2) is 23.4 Å². The lowest BCUT2D eigenvalue weighted by Gasteiger charge is -2.32. The summed E-state index contributed by atoms with van der Waals surface area (Å²) in [6, 6.07) is 8.68. The van der Waals surface area contributed by atoms with Crippen molar-refractivity contribution in [1.82, 2.24) is 10.2 Å². The number of nitrogens with one attached hydrogen (secondary N) is 1. The number of benzene rings is 1. The Hall–Kier alpha value is -1.35. The van der Waals surface area contributed by atoms with E-state index in [1.165, 1.54) is 11.1 Å². The average molecular weight is 244 g/mol. The van der Waals surface area contributed by atoms with E-state index in [4.69, 9.17) is 0 Å². The Morgan fingerprint density at radius 1 is 1.28 bits per heavy atom. The highest BCUT2D eigenvalue weighted by Gasteiger charge is 2.33. The number of hydrogen-bond acceptors (Lipinski definition) is 2. The number of fused-ring (bicyclic) bond motifs is 1. The van der Waals surface area contributed by atoms with Crippen LogP contribution in [0.5, 0.6) is 0 Å². The molecule has 3 heteroatoms. The maximum absolute atomic E-state index is 12.6. The Bertz CT molecular complexity index is 433. The predicted octanol–water partition coefficient (Wildman–Crippen LogP) is 1.92. The van der Waals surface area contributed by atoms with Gasteiger partial charge in [-0.25, -0.2) is 0 Å². The van der Waals surface area contributed by atoms with Gasteiger partial charge in [-0.2, -0.15) is 0 Å². The van der Waals surface area contributed by atoms with Crippen LogP contribution in [0.4, 0.5) is 0 Å². The molecule has 1 amide bonds. The number of carbonyl (C=O) groups excluding carboxylic acids is 1. The van der Waals surface area contributed by atoms with Gasteiger partial charge >= 0.3 is 0 Å². The van der Waals surface area contributed by atoms with Crippen LogP contribution in [-0.2, 0) is 17.9 Å². The van der Waals surface area contributed by atoms with E-state index in [-0.39, 0.29) is 5.92 Å². The van der Waals surface area contributed by atoms with Crippen molar-refractivity contribution in [2.45, 2.75) is 38.9 Å². The SMILES string of the molecule is CC1NCCCC1C(=O)N1Cc2ccccc2C1. The van der Waals surface area contributed by atoms with Crippen molar-refractivity contribution in [2.75, 3.05) is 6.54 Å². The predicted molar refractivity (Wildman–Crippen MR) is 70.9 cm³/mol. The van der Waals surface area contributed by atoms with Crippen molar-refractivity contribution in [2.24, 2.45) is 5.92 Å². The smallest absolute Gasteiger partial charge is 0.227 e. The van der Waals surface area contributed by atoms with E-state index in [0.717, 1.165) is 32.5 Å². The van der Waals surface area contributed by atoms with Crippen molar-refractivity contribution in [3.8, 4) is 0 Å². The Labute approximate surface area is 108 Å². The minimum Gasteiger partial charge on any atom is -0.334 e. The molecular formula is C15H20N2O. The Morgan fingerprint density at radius 3 is 2.56 bits per heavy atom. The molecule has 1 aromatic rings. The highest BCUT2D eigenvalue weighted by Crippen LogP contribution is 2.27. The fourth-order valence-corrected chi connectivity index (χ4v) is 3.10. The summed E-state index contributed by atoms with van der Waals surface area (Å²) in [7, 11) is 0. The molecule has 2 unspecified atom stereocenters. The van der Waals surface area contributed by atoms with Crippen LogP contribution in [0.2, 0.25) is 0 Å². The van der Waals surface area contributed by atoms with Crippen molar-refractivity contribution in [1.29, 1.82) is 0 Å². The normalized spacial score (nSPS) is 27.1. The third-order valence-electron chi connectivity index (χ3n) is 4.23. The number of rotatable bonds is 1. The van der Waals surface area contributed by atoms with Crippen LogP contribution < -0.4 is 5.32 Å². The monoisotopic (exact) mass is 244 g/mol. The van der Waals surface area contributed by atoms with Gasteiger partial charge in [-0.05, 0) is 37.4 Å². The molecule has 0 radical (unpaired) electrons. The fourth-order valence-electron chi connectivity index (χ4n) is 3.10. The lowest BCUT2D eigenvalue weighted by molar-refractivity contribution is -0.137. The summed E-state index contributed by atoms with van der Waals surface area (Å²) in [5.74, 6) is 0.485. The number of nitrogens with zero attached hydrogens (tertiary/aromatic N) is 1. The quantitative estimate of drug-likeness (QED) is 0.818. The van der Waals surface area contributed by atoms with E-state index >= 15 is 0 Å². The molecule has 0 saturated carbocycles. The first-order valence-corrected chi connectivity index (χ1v) is 6.84. The van der Waals surface area contributed by atoms with E-state index < -0.39 is 0 Å². The summed E-state index contributed by atoms with van der Waals surface area (Å²) in [5.41, 5.74) is 2.62. The van der Waals surface area contributed by atoms with Gasteiger partial charge < -0.3 is 10.2 Å². The molecule has 96 valence electrons. The Morgan fingerprint density at radius 2 is 1.94 bits per heavy atom. The molecule has 2 atom stereocenters. The molecule has 2 aliphatic rings. The molecule has 0 spiro atoms. The highest BCUT2D eigenvalue weighted by atomic mass is 16.2. The lowest BCUT2D eigenvalue weighted by Crippen LogP contribution is -2.46. The van der Waals surface area contributed by atoms with Crippen molar-refractivity contribution in [3.63, 3.8) is 0 Å². The van der Waals surface area contributed by atoms with E-state index in [0.29, 0.717) is 11.9 Å². The van der Waals surface area contributed by atoms with Gasteiger partial charge in [-0.3, -0.25) is 4.79 Å². The maximum atomic E-state index is 12.6.